The van der Waals surface area contributed by atoms with Gasteiger partial charge in [0.2, 0.25) is 5.91 Å². The Bertz CT molecular complexity index is 798. The minimum atomic E-state index is -4.44. The van der Waals surface area contributed by atoms with Crippen LogP contribution in [-0.4, -0.2) is 53.1 Å². The molecular formula is C35H67NO6S. The molecule has 254 valence electrons. The van der Waals surface area contributed by atoms with Crippen molar-refractivity contribution in [3.8, 4) is 0 Å². The van der Waals surface area contributed by atoms with Gasteiger partial charge in [0.15, 0.2) is 0 Å². The van der Waals surface area contributed by atoms with Gasteiger partial charge in [-0.1, -0.05) is 160 Å². The average Bonchev–Trinajstić information content (AvgIpc) is 2.96. The Labute approximate surface area is 265 Å². The maximum Gasteiger partial charge on any atom is 0.267 e. The van der Waals surface area contributed by atoms with Crippen molar-refractivity contribution in [2.24, 2.45) is 0 Å². The van der Waals surface area contributed by atoms with Crippen molar-refractivity contribution in [3.05, 3.63) is 24.3 Å². The molecule has 3 atom stereocenters. The van der Waals surface area contributed by atoms with Gasteiger partial charge in [0.25, 0.3) is 10.1 Å². The summed E-state index contributed by atoms with van der Waals surface area (Å²) in [6.07, 6.45) is 32.4. The number of aliphatic hydroxyl groups is 2. The van der Waals surface area contributed by atoms with Crippen LogP contribution < -0.4 is 5.32 Å². The van der Waals surface area contributed by atoms with E-state index < -0.39 is 40.0 Å². The van der Waals surface area contributed by atoms with Gasteiger partial charge in [0.05, 0.1) is 17.9 Å². The third kappa shape index (κ3) is 29.3. The van der Waals surface area contributed by atoms with Gasteiger partial charge in [0, 0.05) is 0 Å². The summed E-state index contributed by atoms with van der Waals surface area (Å²) in [4.78, 5) is 12.5. The molecule has 0 aromatic carbocycles. The van der Waals surface area contributed by atoms with E-state index in [1.165, 1.54) is 109 Å². The lowest BCUT2D eigenvalue weighted by molar-refractivity contribution is -0.130. The maximum atomic E-state index is 12.5. The van der Waals surface area contributed by atoms with Crippen molar-refractivity contribution in [1.82, 2.24) is 5.32 Å². The number of allylic oxidation sites excluding steroid dienone is 3. The lowest BCUT2D eigenvalue weighted by Gasteiger charge is -2.22. The summed E-state index contributed by atoms with van der Waals surface area (Å²) in [5, 5.41) is 23.2. The van der Waals surface area contributed by atoms with Crippen LogP contribution in [0.1, 0.15) is 168 Å². The lowest BCUT2D eigenvalue weighted by atomic mass is 10.0. The molecule has 0 spiro atoms. The first-order chi connectivity index (χ1) is 20.7. The van der Waals surface area contributed by atoms with E-state index in [9.17, 15) is 28.0 Å². The first kappa shape index (κ1) is 41.8. The molecule has 3 unspecified atom stereocenters. The Morgan fingerprint density at radius 1 is 0.628 bits per heavy atom. The van der Waals surface area contributed by atoms with E-state index in [2.05, 4.69) is 31.3 Å². The highest BCUT2D eigenvalue weighted by Crippen LogP contribution is 2.14. The number of hydrogen-bond acceptors (Lipinski definition) is 5. The summed E-state index contributed by atoms with van der Waals surface area (Å²) in [5.74, 6) is -1.55. The highest BCUT2D eigenvalue weighted by atomic mass is 32.2. The molecule has 0 heterocycles. The van der Waals surface area contributed by atoms with Crippen LogP contribution in [0.2, 0.25) is 0 Å². The summed E-state index contributed by atoms with van der Waals surface area (Å²) in [6, 6.07) is -1.24. The van der Waals surface area contributed by atoms with E-state index >= 15 is 0 Å². The second-order valence-electron chi connectivity index (χ2n) is 12.3. The summed E-state index contributed by atoms with van der Waals surface area (Å²) in [7, 11) is -4.44. The average molecular weight is 630 g/mol. The number of rotatable bonds is 31. The summed E-state index contributed by atoms with van der Waals surface area (Å²) < 4.78 is 32.3. The van der Waals surface area contributed by atoms with Gasteiger partial charge >= 0.3 is 0 Å². The van der Waals surface area contributed by atoms with Crippen LogP contribution in [0, 0.1) is 0 Å². The summed E-state index contributed by atoms with van der Waals surface area (Å²) in [6.45, 7) is 4.45. The zero-order valence-corrected chi connectivity index (χ0v) is 28.5. The van der Waals surface area contributed by atoms with Crippen molar-refractivity contribution in [3.63, 3.8) is 0 Å². The van der Waals surface area contributed by atoms with Crippen molar-refractivity contribution >= 4 is 16.0 Å². The number of hydrogen-bond donors (Lipinski definition) is 4. The first-order valence-corrected chi connectivity index (χ1v) is 19.3. The van der Waals surface area contributed by atoms with Gasteiger partial charge < -0.3 is 15.5 Å². The second kappa shape index (κ2) is 29.5. The molecule has 0 aliphatic rings. The van der Waals surface area contributed by atoms with E-state index in [-0.39, 0.29) is 6.42 Å². The van der Waals surface area contributed by atoms with Gasteiger partial charge in [-0.3, -0.25) is 9.35 Å². The molecule has 4 N–H and O–H groups in total. The van der Waals surface area contributed by atoms with E-state index in [0.29, 0.717) is 12.8 Å². The van der Waals surface area contributed by atoms with Crippen molar-refractivity contribution in [2.75, 3.05) is 5.75 Å². The minimum Gasteiger partial charge on any atom is -0.387 e. The molecule has 43 heavy (non-hydrogen) atoms. The molecule has 8 heteroatoms. The SMILES string of the molecule is CCCCCCC/C=C/CC/C=C/C(O)C(CS(=O)(=O)O)NC(=O)C(O)CCCCCCCCCCCCCCCCC. The molecule has 0 aromatic rings. The largest absolute Gasteiger partial charge is 0.387 e. The van der Waals surface area contributed by atoms with Gasteiger partial charge in [-0.05, 0) is 32.1 Å². The standard InChI is InChI=1S/C35H67NO6S/c1-3-5-7-9-11-13-15-16-17-18-20-22-24-26-28-30-34(38)35(39)36-32(31-43(40,41)42)33(37)29-27-25-23-21-19-14-12-10-8-6-4-2/h19,21,27,29,32-34,37-38H,3-18,20,22-26,28,30-31H2,1-2H3,(H,36,39)(H,40,41,42)/b21-19+,29-27+. The predicted molar refractivity (Wildman–Crippen MR) is 181 cm³/mol. The number of nitrogens with one attached hydrogen (secondary N) is 1. The number of aliphatic hydroxyl groups excluding tert-OH is 2. The Morgan fingerprint density at radius 3 is 1.53 bits per heavy atom. The molecule has 0 aromatic heterocycles. The van der Waals surface area contributed by atoms with E-state index in [0.717, 1.165) is 32.1 Å². The number of carbonyl (C=O) groups excluding carboxylic acids is 1. The van der Waals surface area contributed by atoms with E-state index in [4.69, 9.17) is 0 Å². The normalized spacial score (nSPS) is 14.4. The van der Waals surface area contributed by atoms with Crippen molar-refractivity contribution < 1.29 is 28.0 Å². The molecule has 0 fully saturated rings. The van der Waals surface area contributed by atoms with Gasteiger partial charge in [-0.25, -0.2) is 0 Å². The lowest BCUT2D eigenvalue weighted by Crippen LogP contribution is -2.50. The first-order valence-electron chi connectivity index (χ1n) is 17.6. The number of unbranched alkanes of at least 4 members (excludes halogenated alkanes) is 20. The molecule has 0 aliphatic heterocycles. The van der Waals surface area contributed by atoms with E-state index in [1.807, 2.05) is 0 Å². The molecule has 0 bridgehead atoms. The zero-order chi connectivity index (χ0) is 32.0. The Kier molecular flexibility index (Phi) is 28.7. The quantitative estimate of drug-likeness (QED) is 0.0346. The van der Waals surface area contributed by atoms with Crippen LogP contribution in [0.4, 0.5) is 0 Å². The zero-order valence-electron chi connectivity index (χ0n) is 27.7. The Balaban J connectivity index is 4.15. The number of carbonyl (C=O) groups is 1. The number of amides is 1. The maximum absolute atomic E-state index is 12.5. The Hall–Kier alpha value is -1.22. The van der Waals surface area contributed by atoms with Crippen LogP contribution in [0.3, 0.4) is 0 Å². The fourth-order valence-electron chi connectivity index (χ4n) is 5.24. The summed E-state index contributed by atoms with van der Waals surface area (Å²) >= 11 is 0. The van der Waals surface area contributed by atoms with Crippen molar-refractivity contribution in [1.29, 1.82) is 0 Å². The van der Waals surface area contributed by atoms with E-state index in [1.54, 1.807) is 6.08 Å². The fraction of sp³-hybridized carbons (Fsp3) is 0.857. The molecule has 0 saturated carbocycles. The molecule has 1 amide bonds. The van der Waals surface area contributed by atoms with Crippen molar-refractivity contribution in [2.45, 2.75) is 186 Å². The second-order valence-corrected chi connectivity index (χ2v) is 13.8. The third-order valence-electron chi connectivity index (χ3n) is 7.99. The minimum absolute atomic E-state index is 0.277. The highest BCUT2D eigenvalue weighted by Gasteiger charge is 2.27. The van der Waals surface area contributed by atoms with Crippen LogP contribution in [0.5, 0.6) is 0 Å². The summed E-state index contributed by atoms with van der Waals surface area (Å²) in [5.41, 5.74) is 0. The molecule has 7 nitrogen and oxygen atoms in total. The monoisotopic (exact) mass is 629 g/mol. The van der Waals surface area contributed by atoms with Gasteiger partial charge in [-0.15, -0.1) is 0 Å². The molecule has 0 rings (SSSR count). The van der Waals surface area contributed by atoms with Crippen LogP contribution in [0.25, 0.3) is 0 Å². The van der Waals surface area contributed by atoms with Crippen LogP contribution >= 0.6 is 0 Å². The third-order valence-corrected chi connectivity index (χ3v) is 8.77. The molecule has 0 radical (unpaired) electrons. The van der Waals surface area contributed by atoms with Gasteiger partial charge in [-0.2, -0.15) is 8.42 Å². The Morgan fingerprint density at radius 2 is 1.05 bits per heavy atom. The van der Waals surface area contributed by atoms with Crippen LogP contribution in [-0.2, 0) is 14.9 Å². The highest BCUT2D eigenvalue weighted by molar-refractivity contribution is 7.85. The van der Waals surface area contributed by atoms with Gasteiger partial charge in [0.1, 0.15) is 6.10 Å². The smallest absolute Gasteiger partial charge is 0.267 e. The molecular weight excluding hydrogens is 562 g/mol. The predicted octanol–water partition coefficient (Wildman–Crippen LogP) is 8.60. The topological polar surface area (TPSA) is 124 Å². The molecule has 0 aliphatic carbocycles. The van der Waals surface area contributed by atoms with Crippen LogP contribution in [0.15, 0.2) is 24.3 Å². The molecule has 0 saturated heterocycles. The fourth-order valence-corrected chi connectivity index (χ4v) is 5.97.